The Morgan fingerprint density at radius 3 is 1.17 bits per heavy atom. The van der Waals surface area contributed by atoms with Crippen LogP contribution in [0.15, 0.2) is 167 Å². The Morgan fingerprint density at radius 1 is 0.365 bits per heavy atom. The SMILES string of the molecule is OC1C(O)C2c3ccccc3C1C1C(c3oc4ccccc4c3-c3ccccc3)=c3ccccc3=C(c3oc4ccccc4c3-c3ccccc3)C12. The van der Waals surface area contributed by atoms with Crippen LogP contribution in [0.4, 0.5) is 0 Å². The molecule has 0 amide bonds. The summed E-state index contributed by atoms with van der Waals surface area (Å²) >= 11 is 0. The molecular weight excluding hydrogens is 641 g/mol. The van der Waals surface area contributed by atoms with Gasteiger partial charge in [0.2, 0.25) is 0 Å². The molecule has 4 heteroatoms. The molecule has 12 rings (SSSR count). The van der Waals surface area contributed by atoms with Crippen LogP contribution in [0.25, 0.3) is 55.3 Å². The van der Waals surface area contributed by atoms with Crippen molar-refractivity contribution >= 4 is 33.1 Å². The Morgan fingerprint density at radius 2 is 0.731 bits per heavy atom. The van der Waals surface area contributed by atoms with Crippen molar-refractivity contribution in [2.24, 2.45) is 11.8 Å². The Hall–Kier alpha value is -5.94. The summed E-state index contributed by atoms with van der Waals surface area (Å²) in [6.45, 7) is 0. The standard InChI is InChI=1S/C48H34O4/c49-45-39-29-19-7-8-20-30(29)40(46(45)50)44-42(48-38(28-17-5-2-6-18-28)34-24-12-14-26-36(34)52-48)32-22-10-9-21-31(32)41(43(39)44)47-37(27-15-3-1-4-16-27)33-23-11-13-25-35(33)51-47/h1-26,39-40,43-46,49-50H. The van der Waals surface area contributed by atoms with Crippen LogP contribution in [0.3, 0.4) is 0 Å². The van der Waals surface area contributed by atoms with Crippen molar-refractivity contribution in [3.63, 3.8) is 0 Å². The van der Waals surface area contributed by atoms with Crippen molar-refractivity contribution in [3.8, 4) is 22.3 Å². The molecule has 6 aromatic carbocycles. The fourth-order valence-electron chi connectivity index (χ4n) is 10.00. The van der Waals surface area contributed by atoms with E-state index in [9.17, 15) is 10.2 Å². The highest BCUT2D eigenvalue weighted by Crippen LogP contribution is 2.63. The molecule has 6 unspecified atom stereocenters. The van der Waals surface area contributed by atoms with E-state index in [1.807, 2.05) is 36.4 Å². The molecule has 2 bridgehead atoms. The van der Waals surface area contributed by atoms with Crippen LogP contribution in [0.5, 0.6) is 0 Å². The van der Waals surface area contributed by atoms with E-state index >= 15 is 0 Å². The second kappa shape index (κ2) is 11.3. The summed E-state index contributed by atoms with van der Waals surface area (Å²) in [6.07, 6.45) is -1.92. The highest BCUT2D eigenvalue weighted by Gasteiger charge is 2.60. The van der Waals surface area contributed by atoms with Gasteiger partial charge in [-0.25, -0.2) is 0 Å². The molecule has 4 aliphatic carbocycles. The number of benzene rings is 6. The van der Waals surface area contributed by atoms with E-state index in [2.05, 4.69) is 121 Å². The van der Waals surface area contributed by atoms with Gasteiger partial charge in [0.25, 0.3) is 0 Å². The van der Waals surface area contributed by atoms with Gasteiger partial charge in [-0.1, -0.05) is 146 Å². The van der Waals surface area contributed by atoms with E-state index in [1.54, 1.807) is 0 Å². The molecule has 250 valence electrons. The smallest absolute Gasteiger partial charge is 0.140 e. The van der Waals surface area contributed by atoms with E-state index in [0.717, 1.165) is 88.4 Å². The van der Waals surface area contributed by atoms with Crippen molar-refractivity contribution in [1.29, 1.82) is 0 Å². The number of fused-ring (bicyclic) bond motifs is 4. The largest absolute Gasteiger partial charge is 0.456 e. The first-order valence-electron chi connectivity index (χ1n) is 18.1. The van der Waals surface area contributed by atoms with Gasteiger partial charge in [-0.3, -0.25) is 0 Å². The molecule has 1 fully saturated rings. The second-order valence-corrected chi connectivity index (χ2v) is 14.4. The number of furan rings is 2. The average Bonchev–Trinajstić information content (AvgIpc) is 3.78. The first-order valence-corrected chi connectivity index (χ1v) is 18.1. The third-order valence-electron chi connectivity index (χ3n) is 11.9. The summed E-state index contributed by atoms with van der Waals surface area (Å²) in [5, 5.41) is 28.5. The lowest BCUT2D eigenvalue weighted by Crippen LogP contribution is -2.58. The summed E-state index contributed by atoms with van der Waals surface area (Å²) in [4.78, 5) is 0. The molecule has 2 N–H and O–H groups in total. The van der Waals surface area contributed by atoms with Crippen LogP contribution >= 0.6 is 0 Å². The predicted molar refractivity (Wildman–Crippen MR) is 205 cm³/mol. The van der Waals surface area contributed by atoms with Crippen LogP contribution in [-0.2, 0) is 0 Å². The monoisotopic (exact) mass is 674 g/mol. The molecule has 0 spiro atoms. The molecular formula is C48H34O4. The number of para-hydroxylation sites is 2. The van der Waals surface area contributed by atoms with Crippen molar-refractivity contribution in [2.45, 2.75) is 24.0 Å². The third kappa shape index (κ3) is 4.05. The van der Waals surface area contributed by atoms with Crippen LogP contribution in [0, 0.1) is 11.8 Å². The van der Waals surface area contributed by atoms with Gasteiger partial charge < -0.3 is 19.0 Å². The van der Waals surface area contributed by atoms with Gasteiger partial charge in [0.15, 0.2) is 0 Å². The van der Waals surface area contributed by atoms with Crippen LogP contribution in [-0.4, -0.2) is 22.4 Å². The first kappa shape index (κ1) is 29.8. The van der Waals surface area contributed by atoms with Gasteiger partial charge in [0.05, 0.1) is 12.2 Å². The molecule has 0 saturated heterocycles. The van der Waals surface area contributed by atoms with Gasteiger partial charge in [-0.05, 0) is 44.8 Å². The molecule has 0 aliphatic heterocycles. The van der Waals surface area contributed by atoms with E-state index in [1.165, 1.54) is 0 Å². The van der Waals surface area contributed by atoms with Crippen LogP contribution < -0.4 is 10.4 Å². The fourth-order valence-corrected chi connectivity index (χ4v) is 10.00. The molecule has 6 atom stereocenters. The Labute approximate surface area is 300 Å². The number of rotatable bonds is 4. The van der Waals surface area contributed by atoms with E-state index in [-0.39, 0.29) is 23.7 Å². The second-order valence-electron chi connectivity index (χ2n) is 14.4. The minimum atomic E-state index is -0.962. The lowest BCUT2D eigenvalue weighted by Gasteiger charge is -2.56. The van der Waals surface area contributed by atoms with Crippen molar-refractivity contribution < 1.29 is 19.0 Å². The molecule has 4 aliphatic rings. The zero-order valence-electron chi connectivity index (χ0n) is 28.2. The Balaban J connectivity index is 1.34. The molecule has 8 aromatic rings. The first-order chi connectivity index (χ1) is 25.7. The van der Waals surface area contributed by atoms with E-state index < -0.39 is 12.2 Å². The van der Waals surface area contributed by atoms with Gasteiger partial charge in [0.1, 0.15) is 22.7 Å². The lowest BCUT2D eigenvalue weighted by molar-refractivity contribution is -0.0710. The minimum absolute atomic E-state index is 0.233. The summed E-state index contributed by atoms with van der Waals surface area (Å²) in [5.74, 6) is 0.384. The van der Waals surface area contributed by atoms with Gasteiger partial charge in [-0.2, -0.15) is 0 Å². The fraction of sp³-hybridized carbons (Fsp3) is 0.125. The number of hydrogen-bond acceptors (Lipinski definition) is 4. The highest BCUT2D eigenvalue weighted by molar-refractivity contribution is 6.03. The molecule has 1 saturated carbocycles. The van der Waals surface area contributed by atoms with Crippen LogP contribution in [0.1, 0.15) is 34.5 Å². The third-order valence-corrected chi connectivity index (χ3v) is 11.9. The number of hydrogen-bond donors (Lipinski definition) is 2. The number of aliphatic hydroxyl groups excluding tert-OH is 2. The summed E-state index contributed by atoms with van der Waals surface area (Å²) in [7, 11) is 0. The molecule has 52 heavy (non-hydrogen) atoms. The minimum Gasteiger partial charge on any atom is -0.456 e. The maximum Gasteiger partial charge on any atom is 0.140 e. The maximum atomic E-state index is 12.2. The van der Waals surface area contributed by atoms with Gasteiger partial charge in [0, 0.05) is 56.7 Å². The zero-order chi connectivity index (χ0) is 34.5. The van der Waals surface area contributed by atoms with E-state index in [4.69, 9.17) is 8.83 Å². The molecule has 2 aromatic heterocycles. The Bertz CT molecular complexity index is 2620. The van der Waals surface area contributed by atoms with Crippen LogP contribution in [0.2, 0.25) is 0 Å². The van der Waals surface area contributed by atoms with Gasteiger partial charge in [-0.15, -0.1) is 0 Å². The number of aliphatic hydroxyl groups is 2. The Kier molecular flexibility index (Phi) is 6.46. The molecule has 2 heterocycles. The normalized spacial score (nSPS) is 23.1. The topological polar surface area (TPSA) is 66.7 Å². The summed E-state index contributed by atoms with van der Waals surface area (Å²) < 4.78 is 14.0. The summed E-state index contributed by atoms with van der Waals surface area (Å²) in [6, 6.07) is 54.4. The van der Waals surface area contributed by atoms with Crippen molar-refractivity contribution in [2.75, 3.05) is 0 Å². The van der Waals surface area contributed by atoms with Gasteiger partial charge >= 0.3 is 0 Å². The zero-order valence-corrected chi connectivity index (χ0v) is 28.2. The molecule has 4 nitrogen and oxygen atoms in total. The lowest BCUT2D eigenvalue weighted by atomic mass is 9.49. The van der Waals surface area contributed by atoms with Crippen molar-refractivity contribution in [1.82, 2.24) is 0 Å². The maximum absolute atomic E-state index is 12.2. The highest BCUT2D eigenvalue weighted by atomic mass is 16.3. The molecule has 0 radical (unpaired) electrons. The summed E-state index contributed by atoms with van der Waals surface area (Å²) in [5.41, 5.74) is 10.2. The van der Waals surface area contributed by atoms with Crippen molar-refractivity contribution in [3.05, 3.63) is 191 Å². The predicted octanol–water partition coefficient (Wildman–Crippen LogP) is 8.77. The quantitative estimate of drug-likeness (QED) is 0.196. The van der Waals surface area contributed by atoms with E-state index in [0.29, 0.717) is 0 Å². The average molecular weight is 675 g/mol.